The molecular formula is C12H20BrN3O2. The van der Waals surface area contributed by atoms with Crippen molar-refractivity contribution in [2.45, 2.75) is 39.8 Å². The first-order valence-electron chi connectivity index (χ1n) is 6.02. The maximum Gasteiger partial charge on any atom is 0.317 e. The summed E-state index contributed by atoms with van der Waals surface area (Å²) in [6.45, 7) is 6.65. The van der Waals surface area contributed by atoms with Gasteiger partial charge in [-0.3, -0.25) is 14.4 Å². The molecule has 0 aliphatic rings. The zero-order valence-corrected chi connectivity index (χ0v) is 12.9. The van der Waals surface area contributed by atoms with Gasteiger partial charge in [0.25, 0.3) is 0 Å². The second kappa shape index (κ2) is 6.33. The van der Waals surface area contributed by atoms with Gasteiger partial charge in [0.1, 0.15) is 0 Å². The predicted molar refractivity (Wildman–Crippen MR) is 73.5 cm³/mol. The van der Waals surface area contributed by atoms with E-state index in [0.717, 1.165) is 22.3 Å². The Bertz CT molecular complexity index is 429. The number of aryl methyl sites for hydroxylation is 2. The highest BCUT2D eigenvalue weighted by Crippen LogP contribution is 2.23. The number of hydrogen-bond donors (Lipinski definition) is 1. The Balaban J connectivity index is 2.93. The molecule has 0 spiro atoms. The van der Waals surface area contributed by atoms with Gasteiger partial charge >= 0.3 is 5.97 Å². The van der Waals surface area contributed by atoms with Gasteiger partial charge in [-0.1, -0.05) is 6.92 Å². The first-order chi connectivity index (χ1) is 8.36. The molecule has 0 atom stereocenters. The molecule has 0 radical (unpaired) electrons. The molecule has 5 nitrogen and oxygen atoms in total. The molecule has 1 N–H and O–H groups in total. The van der Waals surface area contributed by atoms with E-state index in [0.29, 0.717) is 6.54 Å². The average Bonchev–Trinajstić information content (AvgIpc) is 2.54. The summed E-state index contributed by atoms with van der Waals surface area (Å²) in [4.78, 5) is 12.8. The predicted octanol–water partition coefficient (Wildman–Crippen LogP) is 2.04. The van der Waals surface area contributed by atoms with E-state index < -0.39 is 5.97 Å². The van der Waals surface area contributed by atoms with Crippen molar-refractivity contribution in [3.63, 3.8) is 0 Å². The second-order valence-corrected chi connectivity index (χ2v) is 5.37. The fourth-order valence-corrected chi connectivity index (χ4v) is 2.52. The highest BCUT2D eigenvalue weighted by atomic mass is 79.9. The van der Waals surface area contributed by atoms with Crippen molar-refractivity contribution < 1.29 is 9.90 Å². The zero-order valence-electron chi connectivity index (χ0n) is 11.3. The molecule has 1 rings (SSSR count). The number of aromatic nitrogens is 2. The number of carbonyl (C=O) groups is 1. The third kappa shape index (κ3) is 3.55. The summed E-state index contributed by atoms with van der Waals surface area (Å²) in [5.74, 6) is -0.808. The van der Waals surface area contributed by atoms with E-state index in [9.17, 15) is 4.79 Å². The van der Waals surface area contributed by atoms with Crippen LogP contribution in [-0.2, 0) is 24.8 Å². The molecule has 0 aromatic carbocycles. The van der Waals surface area contributed by atoms with Crippen LogP contribution in [0.4, 0.5) is 0 Å². The number of halogens is 1. The largest absolute Gasteiger partial charge is 0.480 e. The van der Waals surface area contributed by atoms with Gasteiger partial charge in [-0.15, -0.1) is 0 Å². The quantitative estimate of drug-likeness (QED) is 0.872. The van der Waals surface area contributed by atoms with Gasteiger partial charge in [0.05, 0.1) is 22.4 Å². The number of aliphatic carboxylic acids is 1. The van der Waals surface area contributed by atoms with E-state index >= 15 is 0 Å². The van der Waals surface area contributed by atoms with Gasteiger partial charge in [-0.2, -0.15) is 5.10 Å². The van der Waals surface area contributed by atoms with Gasteiger partial charge in [-0.25, -0.2) is 0 Å². The minimum absolute atomic E-state index is 0.0384. The fraction of sp³-hybridized carbons (Fsp3) is 0.667. The lowest BCUT2D eigenvalue weighted by Crippen LogP contribution is -2.35. The molecule has 0 aliphatic carbocycles. The molecule has 1 aromatic heterocycles. The van der Waals surface area contributed by atoms with Crippen molar-refractivity contribution in [2.75, 3.05) is 6.54 Å². The van der Waals surface area contributed by atoms with Crippen LogP contribution >= 0.6 is 15.9 Å². The molecule has 0 amide bonds. The number of hydrogen-bond acceptors (Lipinski definition) is 3. The van der Waals surface area contributed by atoms with Gasteiger partial charge in [0, 0.05) is 19.6 Å². The van der Waals surface area contributed by atoms with Crippen LogP contribution in [0.25, 0.3) is 0 Å². The Hall–Kier alpha value is -0.880. The molecule has 6 heteroatoms. The molecular weight excluding hydrogens is 298 g/mol. The van der Waals surface area contributed by atoms with E-state index in [2.05, 4.69) is 21.0 Å². The van der Waals surface area contributed by atoms with Gasteiger partial charge in [0.2, 0.25) is 0 Å². The molecule has 1 aromatic rings. The normalized spacial score (nSPS) is 11.5. The van der Waals surface area contributed by atoms with Crippen LogP contribution in [0.3, 0.4) is 0 Å². The third-order valence-corrected chi connectivity index (χ3v) is 3.84. The number of nitrogens with zero attached hydrogens (tertiary/aromatic N) is 3. The molecule has 18 heavy (non-hydrogen) atoms. The summed E-state index contributed by atoms with van der Waals surface area (Å²) < 4.78 is 2.81. The van der Waals surface area contributed by atoms with E-state index in [4.69, 9.17) is 5.11 Å². The van der Waals surface area contributed by atoms with Crippen LogP contribution in [0, 0.1) is 0 Å². The lowest BCUT2D eigenvalue weighted by molar-refractivity contribution is -0.139. The van der Waals surface area contributed by atoms with Crippen molar-refractivity contribution in [2.24, 2.45) is 7.05 Å². The number of rotatable bonds is 6. The minimum atomic E-state index is -0.808. The van der Waals surface area contributed by atoms with Gasteiger partial charge < -0.3 is 5.11 Å². The lowest BCUT2D eigenvalue weighted by atomic mass is 10.2. The maximum atomic E-state index is 10.9. The van der Waals surface area contributed by atoms with E-state index in [1.807, 2.05) is 37.4 Å². The molecule has 102 valence electrons. The van der Waals surface area contributed by atoms with Crippen molar-refractivity contribution >= 4 is 21.9 Å². The average molecular weight is 318 g/mol. The highest BCUT2D eigenvalue weighted by molar-refractivity contribution is 9.10. The summed E-state index contributed by atoms with van der Waals surface area (Å²) in [6.07, 6.45) is 0.856. The zero-order chi connectivity index (χ0) is 13.9. The smallest absolute Gasteiger partial charge is 0.317 e. The Morgan fingerprint density at radius 3 is 2.56 bits per heavy atom. The monoisotopic (exact) mass is 317 g/mol. The Morgan fingerprint density at radius 2 is 2.17 bits per heavy atom. The molecule has 0 saturated heterocycles. The Labute approximate surface area is 116 Å². The summed E-state index contributed by atoms with van der Waals surface area (Å²) in [6, 6.07) is 0.174. The van der Waals surface area contributed by atoms with E-state index in [1.54, 1.807) is 0 Å². The third-order valence-electron chi connectivity index (χ3n) is 2.92. The molecule has 0 bridgehead atoms. The first-order valence-corrected chi connectivity index (χ1v) is 6.82. The Morgan fingerprint density at radius 1 is 1.56 bits per heavy atom. The van der Waals surface area contributed by atoms with Crippen LogP contribution in [0.15, 0.2) is 4.47 Å². The maximum absolute atomic E-state index is 10.9. The first kappa shape index (κ1) is 15.2. The van der Waals surface area contributed by atoms with Gasteiger partial charge in [-0.05, 0) is 36.2 Å². The van der Waals surface area contributed by atoms with Crippen molar-refractivity contribution in [3.8, 4) is 0 Å². The summed E-state index contributed by atoms with van der Waals surface area (Å²) >= 11 is 3.55. The summed E-state index contributed by atoms with van der Waals surface area (Å²) in [5.41, 5.74) is 2.02. The molecule has 0 unspecified atom stereocenters. The molecule has 0 fully saturated rings. The summed E-state index contributed by atoms with van der Waals surface area (Å²) in [5, 5.41) is 13.3. The van der Waals surface area contributed by atoms with Crippen LogP contribution in [0.1, 0.15) is 32.2 Å². The van der Waals surface area contributed by atoms with E-state index in [-0.39, 0.29) is 12.6 Å². The number of carboxylic acids is 1. The molecule has 1 heterocycles. The summed E-state index contributed by atoms with van der Waals surface area (Å²) in [7, 11) is 1.89. The van der Waals surface area contributed by atoms with Crippen LogP contribution < -0.4 is 0 Å². The van der Waals surface area contributed by atoms with Crippen LogP contribution in [0.2, 0.25) is 0 Å². The topological polar surface area (TPSA) is 58.4 Å². The van der Waals surface area contributed by atoms with Crippen molar-refractivity contribution in [1.82, 2.24) is 14.7 Å². The second-order valence-electron chi connectivity index (χ2n) is 4.58. The van der Waals surface area contributed by atoms with Crippen molar-refractivity contribution in [3.05, 3.63) is 15.9 Å². The van der Waals surface area contributed by atoms with Crippen LogP contribution in [-0.4, -0.2) is 38.3 Å². The van der Waals surface area contributed by atoms with Crippen molar-refractivity contribution in [1.29, 1.82) is 0 Å². The van der Waals surface area contributed by atoms with E-state index in [1.165, 1.54) is 0 Å². The fourth-order valence-electron chi connectivity index (χ4n) is 1.78. The minimum Gasteiger partial charge on any atom is -0.480 e. The standard InChI is InChI=1S/C12H20BrN3O2/c1-5-9-12(13)10(15(4)14-9)6-16(8(2)3)7-11(17)18/h8H,5-7H2,1-4H3,(H,17,18). The van der Waals surface area contributed by atoms with Gasteiger partial charge in [0.15, 0.2) is 0 Å². The Kier molecular flexibility index (Phi) is 5.34. The molecule has 0 saturated carbocycles. The van der Waals surface area contributed by atoms with Crippen LogP contribution in [0.5, 0.6) is 0 Å². The lowest BCUT2D eigenvalue weighted by Gasteiger charge is -2.24. The number of carboxylic acid groups (broad SMARTS) is 1. The SMILES string of the molecule is CCc1nn(C)c(CN(CC(=O)O)C(C)C)c1Br. The highest BCUT2D eigenvalue weighted by Gasteiger charge is 2.19. The molecule has 0 aliphatic heterocycles.